The molecule has 2 aliphatic rings. The van der Waals surface area contributed by atoms with E-state index in [-0.39, 0.29) is 18.3 Å². The van der Waals surface area contributed by atoms with Crippen molar-refractivity contribution in [3.63, 3.8) is 0 Å². The number of methoxy groups -OCH3 is 2. The van der Waals surface area contributed by atoms with Gasteiger partial charge in [0.2, 0.25) is 6.79 Å². The number of hydrogen-bond donors (Lipinski definition) is 1. The van der Waals surface area contributed by atoms with Crippen molar-refractivity contribution in [2.75, 3.05) is 32.9 Å². The smallest absolute Gasteiger partial charge is 0.270 e. The van der Waals surface area contributed by atoms with Gasteiger partial charge in [0.25, 0.3) is 11.5 Å². The molecular weight excluding hydrogens is 588 g/mol. The predicted octanol–water partition coefficient (Wildman–Crippen LogP) is 4.85. The van der Waals surface area contributed by atoms with E-state index in [0.29, 0.717) is 75.2 Å². The van der Waals surface area contributed by atoms with Crippen molar-refractivity contribution in [2.45, 2.75) is 33.4 Å². The zero-order valence-corrected chi connectivity index (χ0v) is 25.8. The fourth-order valence-electron chi connectivity index (χ4n) is 4.99. The molecule has 10 nitrogen and oxygen atoms in total. The first kappa shape index (κ1) is 30.0. The van der Waals surface area contributed by atoms with Crippen LogP contribution in [0.4, 0.5) is 5.82 Å². The van der Waals surface area contributed by atoms with E-state index >= 15 is 0 Å². The third-order valence-corrected chi connectivity index (χ3v) is 8.69. The first-order chi connectivity index (χ1) is 20.8. The SMILES string of the molecule is CCn1c(NCc2ccc3c(c2)OCO3)c(/C=C2/SC(=S)N(CCc3ccc(OC)c(OC)c3)C2=O)c(C)c(C#N)c1=O. The highest BCUT2D eigenvalue weighted by atomic mass is 32.2. The molecule has 5 rings (SSSR count). The molecule has 3 aromatic rings. The molecule has 0 aliphatic carbocycles. The molecule has 1 saturated heterocycles. The summed E-state index contributed by atoms with van der Waals surface area (Å²) in [6.45, 7) is 4.80. The van der Waals surface area contributed by atoms with Crippen molar-refractivity contribution in [3.8, 4) is 29.1 Å². The van der Waals surface area contributed by atoms with Crippen molar-refractivity contribution >= 4 is 46.1 Å². The molecule has 1 aromatic heterocycles. The number of thiocarbonyl (C=S) groups is 1. The number of nitriles is 1. The van der Waals surface area contributed by atoms with Gasteiger partial charge in [-0.1, -0.05) is 36.1 Å². The largest absolute Gasteiger partial charge is 0.493 e. The lowest BCUT2D eigenvalue weighted by atomic mass is 10.0. The van der Waals surface area contributed by atoms with Crippen LogP contribution in [0.5, 0.6) is 23.0 Å². The number of nitrogens with one attached hydrogen (secondary N) is 1. The Morgan fingerprint density at radius 2 is 1.84 bits per heavy atom. The topological polar surface area (TPSA) is 115 Å². The molecule has 2 aromatic carbocycles. The van der Waals surface area contributed by atoms with Crippen LogP contribution < -0.4 is 29.8 Å². The molecule has 2 aliphatic heterocycles. The second-order valence-corrected chi connectivity index (χ2v) is 11.4. The molecule has 1 N–H and O–H groups in total. The number of aromatic nitrogens is 1. The van der Waals surface area contributed by atoms with Gasteiger partial charge < -0.3 is 24.3 Å². The van der Waals surface area contributed by atoms with E-state index in [2.05, 4.69) is 5.32 Å². The van der Waals surface area contributed by atoms with Crippen LogP contribution in [0.1, 0.15) is 34.7 Å². The number of carbonyl (C=O) groups is 1. The lowest BCUT2D eigenvalue weighted by Gasteiger charge is -2.19. The maximum atomic E-state index is 13.6. The molecule has 12 heteroatoms. The van der Waals surface area contributed by atoms with Gasteiger partial charge in [-0.25, -0.2) is 0 Å². The van der Waals surface area contributed by atoms with Crippen molar-refractivity contribution in [2.24, 2.45) is 0 Å². The summed E-state index contributed by atoms with van der Waals surface area (Å²) in [6, 6.07) is 13.3. The van der Waals surface area contributed by atoms with E-state index in [9.17, 15) is 14.9 Å². The maximum Gasteiger partial charge on any atom is 0.270 e. The van der Waals surface area contributed by atoms with E-state index in [4.69, 9.17) is 31.2 Å². The predicted molar refractivity (Wildman–Crippen MR) is 169 cm³/mol. The summed E-state index contributed by atoms with van der Waals surface area (Å²) in [5, 5.41) is 13.2. The highest BCUT2D eigenvalue weighted by Gasteiger charge is 2.32. The molecule has 1 amide bonds. The molecule has 3 heterocycles. The normalized spacial score (nSPS) is 14.8. The van der Waals surface area contributed by atoms with Crippen LogP contribution in [-0.4, -0.2) is 47.3 Å². The van der Waals surface area contributed by atoms with Gasteiger partial charge in [0.15, 0.2) is 23.0 Å². The van der Waals surface area contributed by atoms with Crippen LogP contribution >= 0.6 is 24.0 Å². The maximum absolute atomic E-state index is 13.6. The summed E-state index contributed by atoms with van der Waals surface area (Å²) >= 11 is 6.79. The molecule has 0 atom stereocenters. The molecule has 0 bridgehead atoms. The Balaban J connectivity index is 1.44. The standard InChI is InChI=1S/C31H30N4O6S2/c1-5-34-28(33-16-20-7-9-24-26(13-20)41-17-40-24)21(18(2)22(15-32)29(34)36)14-27-30(37)35(31(42)43-27)11-10-19-6-8-23(38-3)25(12-19)39-4/h6-9,12-14,33H,5,10-11,16-17H2,1-4H3/b27-14+. The number of rotatable bonds is 10. The molecular formula is C31H30N4O6S2. The summed E-state index contributed by atoms with van der Waals surface area (Å²) in [7, 11) is 3.16. The number of ether oxygens (including phenoxy) is 4. The van der Waals surface area contributed by atoms with Crippen molar-refractivity contribution in [3.05, 3.63) is 79.5 Å². The zero-order valence-electron chi connectivity index (χ0n) is 24.2. The lowest BCUT2D eigenvalue weighted by Crippen LogP contribution is -2.30. The minimum absolute atomic E-state index is 0.0330. The van der Waals surface area contributed by atoms with E-state index in [1.54, 1.807) is 32.1 Å². The fraction of sp³-hybridized carbons (Fsp3) is 0.290. The van der Waals surface area contributed by atoms with E-state index < -0.39 is 5.56 Å². The van der Waals surface area contributed by atoms with Crippen LogP contribution in [0.25, 0.3) is 6.08 Å². The third-order valence-electron chi connectivity index (χ3n) is 7.31. The summed E-state index contributed by atoms with van der Waals surface area (Å²) in [4.78, 5) is 28.8. The minimum atomic E-state index is -0.393. The Kier molecular flexibility index (Phi) is 8.94. The number of hydrogen-bond acceptors (Lipinski definition) is 10. The summed E-state index contributed by atoms with van der Waals surface area (Å²) in [5.41, 5.74) is 2.59. The number of benzene rings is 2. The number of carbonyl (C=O) groups excluding carboxylic acids is 1. The van der Waals surface area contributed by atoms with E-state index in [1.807, 2.05) is 49.4 Å². The van der Waals surface area contributed by atoms with Gasteiger partial charge >= 0.3 is 0 Å². The molecule has 0 spiro atoms. The number of anilines is 1. The lowest BCUT2D eigenvalue weighted by molar-refractivity contribution is -0.122. The highest BCUT2D eigenvalue weighted by molar-refractivity contribution is 8.26. The van der Waals surface area contributed by atoms with Crippen LogP contribution in [-0.2, 0) is 24.3 Å². The average Bonchev–Trinajstić information content (AvgIpc) is 3.59. The highest BCUT2D eigenvalue weighted by Crippen LogP contribution is 2.36. The average molecular weight is 619 g/mol. The van der Waals surface area contributed by atoms with Crippen LogP contribution in [0.3, 0.4) is 0 Å². The molecule has 222 valence electrons. The van der Waals surface area contributed by atoms with Crippen LogP contribution in [0.2, 0.25) is 0 Å². The van der Waals surface area contributed by atoms with Crippen LogP contribution in [0.15, 0.2) is 46.1 Å². The molecule has 0 radical (unpaired) electrons. The molecule has 0 unspecified atom stereocenters. The summed E-state index contributed by atoms with van der Waals surface area (Å²) in [5.74, 6) is 2.85. The van der Waals surface area contributed by atoms with E-state index in [0.717, 1.165) is 11.1 Å². The Morgan fingerprint density at radius 3 is 2.56 bits per heavy atom. The summed E-state index contributed by atoms with van der Waals surface area (Å²) < 4.78 is 23.6. The number of pyridine rings is 1. The molecule has 0 saturated carbocycles. The van der Waals surface area contributed by atoms with Gasteiger partial charge in [-0.2, -0.15) is 5.26 Å². The Hall–Kier alpha value is -4.47. The number of amides is 1. The monoisotopic (exact) mass is 618 g/mol. The Labute approximate surface area is 258 Å². The number of fused-ring (bicyclic) bond motifs is 1. The minimum Gasteiger partial charge on any atom is -0.493 e. The van der Waals surface area contributed by atoms with Gasteiger partial charge in [0, 0.05) is 25.2 Å². The second kappa shape index (κ2) is 12.8. The third kappa shape index (κ3) is 5.91. The number of thioether (sulfide) groups is 1. The van der Waals surface area contributed by atoms with Crippen LogP contribution in [0, 0.1) is 18.3 Å². The summed E-state index contributed by atoms with van der Waals surface area (Å²) in [6.07, 6.45) is 2.28. The van der Waals surface area contributed by atoms with Gasteiger partial charge in [-0.3, -0.25) is 19.1 Å². The van der Waals surface area contributed by atoms with Gasteiger partial charge in [0.1, 0.15) is 21.8 Å². The zero-order chi connectivity index (χ0) is 30.7. The number of nitrogens with zero attached hydrogens (tertiary/aromatic N) is 3. The first-order valence-electron chi connectivity index (χ1n) is 13.6. The Morgan fingerprint density at radius 1 is 1.09 bits per heavy atom. The Bertz CT molecular complexity index is 1740. The van der Waals surface area contributed by atoms with Gasteiger partial charge in [0.05, 0.1) is 19.1 Å². The second-order valence-electron chi connectivity index (χ2n) is 9.74. The fourth-order valence-corrected chi connectivity index (χ4v) is 6.28. The van der Waals surface area contributed by atoms with Crippen molar-refractivity contribution in [1.82, 2.24) is 9.47 Å². The van der Waals surface area contributed by atoms with Crippen molar-refractivity contribution in [1.29, 1.82) is 5.26 Å². The van der Waals surface area contributed by atoms with E-state index in [1.165, 1.54) is 16.3 Å². The quantitative estimate of drug-likeness (QED) is 0.250. The van der Waals surface area contributed by atoms with Gasteiger partial charge in [-0.15, -0.1) is 0 Å². The molecule has 43 heavy (non-hydrogen) atoms. The molecule has 1 fully saturated rings. The first-order valence-corrected chi connectivity index (χ1v) is 14.8. The van der Waals surface area contributed by atoms with Crippen molar-refractivity contribution < 1.29 is 23.7 Å². The van der Waals surface area contributed by atoms with Gasteiger partial charge in [-0.05, 0) is 67.3 Å².